The van der Waals surface area contributed by atoms with Gasteiger partial charge in [-0.15, -0.1) is 0 Å². The van der Waals surface area contributed by atoms with Crippen molar-refractivity contribution in [1.29, 1.82) is 0 Å². The Morgan fingerprint density at radius 3 is 2.02 bits per heavy atom. The van der Waals surface area contributed by atoms with E-state index in [4.69, 9.17) is 21.1 Å². The summed E-state index contributed by atoms with van der Waals surface area (Å²) in [5.74, 6) is -1.18. The summed E-state index contributed by atoms with van der Waals surface area (Å²) in [6, 6.07) is 10.2. The number of nitrogens with zero attached hydrogens (tertiary/aromatic N) is 3. The molecule has 0 aliphatic carbocycles. The third kappa shape index (κ3) is 8.52. The van der Waals surface area contributed by atoms with E-state index in [0.29, 0.717) is 62.1 Å². The molecule has 2 aromatic carbocycles. The average molecular weight is 665 g/mol. The van der Waals surface area contributed by atoms with Gasteiger partial charge in [0.1, 0.15) is 19.3 Å². The summed E-state index contributed by atoms with van der Waals surface area (Å²) >= 11 is 5.97. The standard InChI is InChI=1S/C22H25ClN2O6S.C9H16N2O2/c23-17-3-1-16-12-19(4-2-15(16)11-17)32(29,30)14-20(26)22(28)24-7-5-18(6-8-24)25-9-10-31-13-21(25)27;12-9-7-13-6-5-11(9)8-1-3-10-4-2-8/h1-4,11-12,18,20,26H,5-10,13-14H2;8,10H,1-7H2/t20-;/m1./s1. The van der Waals surface area contributed by atoms with E-state index in [1.54, 1.807) is 29.2 Å². The van der Waals surface area contributed by atoms with Crippen LogP contribution in [0.25, 0.3) is 10.8 Å². The van der Waals surface area contributed by atoms with E-state index in [1.165, 1.54) is 17.0 Å². The van der Waals surface area contributed by atoms with E-state index in [1.807, 2.05) is 4.90 Å². The Kier molecular flexibility index (Phi) is 11.3. The molecule has 2 aromatic rings. The van der Waals surface area contributed by atoms with Crippen LogP contribution < -0.4 is 5.32 Å². The summed E-state index contributed by atoms with van der Waals surface area (Å²) in [6.45, 7) is 5.69. The number of fused-ring (bicyclic) bond motifs is 1. The first-order chi connectivity index (χ1) is 21.6. The van der Waals surface area contributed by atoms with E-state index >= 15 is 0 Å². The Bertz CT molecular complexity index is 1480. The van der Waals surface area contributed by atoms with Gasteiger partial charge in [0, 0.05) is 43.3 Å². The highest BCUT2D eigenvalue weighted by Crippen LogP contribution is 2.24. The number of amides is 3. The molecule has 0 bridgehead atoms. The number of sulfone groups is 1. The van der Waals surface area contributed by atoms with Gasteiger partial charge in [-0.1, -0.05) is 23.7 Å². The van der Waals surface area contributed by atoms with Gasteiger partial charge in [0.25, 0.3) is 5.91 Å². The number of likely N-dealkylation sites (tertiary alicyclic amines) is 1. The molecule has 246 valence electrons. The fraction of sp³-hybridized carbons (Fsp3) is 0.581. The van der Waals surface area contributed by atoms with Crippen molar-refractivity contribution in [3.05, 3.63) is 41.4 Å². The molecule has 14 heteroatoms. The van der Waals surface area contributed by atoms with Gasteiger partial charge in [0.2, 0.25) is 11.8 Å². The largest absolute Gasteiger partial charge is 0.382 e. The topological polar surface area (TPSA) is 146 Å². The second-order valence-corrected chi connectivity index (χ2v) is 14.2. The van der Waals surface area contributed by atoms with E-state index in [2.05, 4.69) is 5.32 Å². The molecule has 0 radical (unpaired) electrons. The lowest BCUT2D eigenvalue weighted by Crippen LogP contribution is -2.54. The maximum Gasteiger partial charge on any atom is 0.252 e. The Labute approximate surface area is 268 Å². The molecule has 4 aliphatic heterocycles. The molecular formula is C31H41ClN4O8S. The highest BCUT2D eigenvalue weighted by molar-refractivity contribution is 7.91. The normalized spacial score (nSPS) is 21.4. The van der Waals surface area contributed by atoms with Crippen molar-refractivity contribution in [3.8, 4) is 0 Å². The van der Waals surface area contributed by atoms with Crippen molar-refractivity contribution < 1.29 is 37.4 Å². The fourth-order valence-corrected chi connectivity index (χ4v) is 7.84. The summed E-state index contributed by atoms with van der Waals surface area (Å²) in [5.41, 5.74) is 0. The van der Waals surface area contributed by atoms with Crippen LogP contribution in [-0.2, 0) is 33.7 Å². The van der Waals surface area contributed by atoms with Crippen LogP contribution in [0.15, 0.2) is 41.3 Å². The van der Waals surface area contributed by atoms with E-state index in [9.17, 15) is 27.9 Å². The van der Waals surface area contributed by atoms with E-state index in [-0.39, 0.29) is 36.0 Å². The Morgan fingerprint density at radius 1 is 0.867 bits per heavy atom. The molecule has 4 fully saturated rings. The lowest BCUT2D eigenvalue weighted by atomic mass is 10.0. The maximum absolute atomic E-state index is 12.8. The number of ether oxygens (including phenoxy) is 2. The molecule has 0 saturated carbocycles. The second-order valence-electron chi connectivity index (χ2n) is 11.8. The molecule has 0 aromatic heterocycles. The molecule has 4 saturated heterocycles. The summed E-state index contributed by atoms with van der Waals surface area (Å²) in [4.78, 5) is 41.5. The lowest BCUT2D eigenvalue weighted by Gasteiger charge is -2.40. The van der Waals surface area contributed by atoms with E-state index in [0.717, 1.165) is 37.9 Å². The number of nitrogens with one attached hydrogen (secondary N) is 1. The zero-order valence-electron chi connectivity index (χ0n) is 25.2. The van der Waals surface area contributed by atoms with Crippen LogP contribution in [-0.4, -0.2) is 136 Å². The first kappa shape index (κ1) is 33.6. The molecule has 45 heavy (non-hydrogen) atoms. The van der Waals surface area contributed by atoms with Crippen LogP contribution in [0.1, 0.15) is 25.7 Å². The van der Waals surface area contributed by atoms with Crippen molar-refractivity contribution in [2.24, 2.45) is 0 Å². The number of rotatable bonds is 6. The molecule has 1 atom stereocenters. The third-order valence-corrected chi connectivity index (χ3v) is 10.8. The van der Waals surface area contributed by atoms with Crippen LogP contribution in [0.3, 0.4) is 0 Å². The van der Waals surface area contributed by atoms with Crippen molar-refractivity contribution in [1.82, 2.24) is 20.0 Å². The van der Waals surface area contributed by atoms with Gasteiger partial charge < -0.3 is 34.6 Å². The minimum Gasteiger partial charge on any atom is -0.382 e. The summed E-state index contributed by atoms with van der Waals surface area (Å²) < 4.78 is 35.9. The summed E-state index contributed by atoms with van der Waals surface area (Å²) in [6.07, 6.45) is 1.70. The minimum atomic E-state index is -3.88. The molecule has 2 N–H and O–H groups in total. The molecular weight excluding hydrogens is 624 g/mol. The quantitative estimate of drug-likeness (QED) is 0.463. The number of halogens is 1. The smallest absolute Gasteiger partial charge is 0.252 e. The van der Waals surface area contributed by atoms with Crippen LogP contribution >= 0.6 is 11.6 Å². The number of carbonyl (C=O) groups is 3. The Balaban J connectivity index is 0.000000256. The van der Waals surface area contributed by atoms with Crippen molar-refractivity contribution in [2.45, 2.75) is 48.8 Å². The van der Waals surface area contributed by atoms with Gasteiger partial charge >= 0.3 is 0 Å². The van der Waals surface area contributed by atoms with Gasteiger partial charge in [0.15, 0.2) is 9.84 Å². The van der Waals surface area contributed by atoms with E-state index < -0.39 is 27.6 Å². The molecule has 0 spiro atoms. The molecule has 4 aliphatic rings. The van der Waals surface area contributed by atoms with Gasteiger partial charge in [-0.25, -0.2) is 8.42 Å². The predicted molar refractivity (Wildman–Crippen MR) is 168 cm³/mol. The van der Waals surface area contributed by atoms with Crippen LogP contribution in [0.4, 0.5) is 0 Å². The molecule has 3 amide bonds. The van der Waals surface area contributed by atoms with Crippen LogP contribution in [0.5, 0.6) is 0 Å². The van der Waals surface area contributed by atoms with Gasteiger partial charge in [-0.3, -0.25) is 14.4 Å². The molecule has 12 nitrogen and oxygen atoms in total. The van der Waals surface area contributed by atoms with Crippen LogP contribution in [0, 0.1) is 0 Å². The van der Waals surface area contributed by atoms with Crippen molar-refractivity contribution >= 4 is 49.9 Å². The fourth-order valence-electron chi connectivity index (χ4n) is 6.32. The first-order valence-corrected chi connectivity index (χ1v) is 17.5. The number of hydrogen-bond acceptors (Lipinski definition) is 9. The lowest BCUT2D eigenvalue weighted by molar-refractivity contribution is -0.148. The van der Waals surface area contributed by atoms with Gasteiger partial charge in [-0.05, 0) is 73.8 Å². The van der Waals surface area contributed by atoms with Gasteiger partial charge in [-0.2, -0.15) is 0 Å². The van der Waals surface area contributed by atoms with Crippen LogP contribution in [0.2, 0.25) is 5.02 Å². The average Bonchev–Trinajstić information content (AvgIpc) is 3.05. The SMILES string of the molecule is O=C([C@H](O)CS(=O)(=O)c1ccc2cc(Cl)ccc2c1)N1CCC(N2CCOCC2=O)CC1.O=C1COCCN1C1CCNCC1. The number of aliphatic hydroxyl groups is 1. The Morgan fingerprint density at radius 2 is 1.42 bits per heavy atom. The molecule has 6 rings (SSSR count). The summed E-state index contributed by atoms with van der Waals surface area (Å²) in [5, 5.41) is 15.8. The van der Waals surface area contributed by atoms with Crippen molar-refractivity contribution in [3.63, 3.8) is 0 Å². The molecule has 4 heterocycles. The van der Waals surface area contributed by atoms with Gasteiger partial charge in [0.05, 0.1) is 23.9 Å². The number of piperidine rings is 2. The minimum absolute atomic E-state index is 0.0300. The zero-order valence-corrected chi connectivity index (χ0v) is 26.8. The zero-order chi connectivity index (χ0) is 32.0. The molecule has 0 unspecified atom stereocenters. The number of hydrogen-bond donors (Lipinski definition) is 2. The number of benzene rings is 2. The predicted octanol–water partition coefficient (Wildman–Crippen LogP) is 1.07. The number of carbonyl (C=O) groups excluding carboxylic acids is 3. The summed E-state index contributed by atoms with van der Waals surface area (Å²) in [7, 11) is -3.88. The highest BCUT2D eigenvalue weighted by atomic mass is 35.5. The Hall–Kier alpha value is -2.81. The third-order valence-electron chi connectivity index (χ3n) is 8.81. The number of morpholine rings is 2. The maximum atomic E-state index is 12.8. The first-order valence-electron chi connectivity index (χ1n) is 15.5. The monoisotopic (exact) mass is 664 g/mol. The number of aliphatic hydroxyl groups excluding tert-OH is 1. The van der Waals surface area contributed by atoms with Crippen molar-refractivity contribution in [2.75, 3.05) is 71.4 Å². The highest BCUT2D eigenvalue weighted by Gasteiger charge is 2.34. The second kappa shape index (κ2) is 15.2.